The van der Waals surface area contributed by atoms with Gasteiger partial charge < -0.3 is 14.5 Å². The minimum Gasteiger partial charge on any atom is -0.467 e. The number of anilines is 1. The largest absolute Gasteiger partial charge is 0.467 e. The first kappa shape index (κ1) is 13.7. The Morgan fingerprint density at radius 1 is 1.42 bits per heavy atom. The van der Waals surface area contributed by atoms with E-state index in [1.807, 2.05) is 25.1 Å². The standard InChI is InChI=1S/C14H14BrNO3/c1-9-5-11(15)3-4-13(9)16-7-12-6-10(8-19-12)14(17)18-2/h3-6,8,16H,7H2,1-2H3. The lowest BCUT2D eigenvalue weighted by Crippen LogP contribution is -2.01. The normalized spacial score (nSPS) is 10.3. The van der Waals surface area contributed by atoms with Crippen molar-refractivity contribution in [1.29, 1.82) is 0 Å². The molecule has 2 rings (SSSR count). The van der Waals surface area contributed by atoms with E-state index in [1.54, 1.807) is 6.07 Å². The fraction of sp³-hybridized carbons (Fsp3) is 0.214. The number of nitrogens with one attached hydrogen (secondary N) is 1. The molecule has 1 aromatic carbocycles. The number of carbonyl (C=O) groups is 1. The first-order valence-corrected chi connectivity index (χ1v) is 6.55. The van der Waals surface area contributed by atoms with E-state index >= 15 is 0 Å². The molecule has 0 unspecified atom stereocenters. The second-order valence-corrected chi connectivity index (χ2v) is 5.02. The molecule has 1 heterocycles. The van der Waals surface area contributed by atoms with E-state index in [0.717, 1.165) is 15.7 Å². The van der Waals surface area contributed by atoms with Gasteiger partial charge in [-0.3, -0.25) is 0 Å². The second-order valence-electron chi connectivity index (χ2n) is 4.11. The predicted octanol–water partition coefficient (Wildman–Crippen LogP) is 3.75. The molecule has 0 aliphatic heterocycles. The van der Waals surface area contributed by atoms with Crippen molar-refractivity contribution in [2.24, 2.45) is 0 Å². The zero-order chi connectivity index (χ0) is 13.8. The molecule has 100 valence electrons. The molecule has 0 atom stereocenters. The average Bonchev–Trinajstić information content (AvgIpc) is 2.85. The Bertz CT molecular complexity index is 592. The summed E-state index contributed by atoms with van der Waals surface area (Å²) in [6, 6.07) is 7.66. The molecule has 1 aromatic heterocycles. The SMILES string of the molecule is COC(=O)c1coc(CNc2ccc(Br)cc2C)c1. The number of ether oxygens (including phenoxy) is 1. The van der Waals surface area contributed by atoms with Crippen molar-refractivity contribution < 1.29 is 13.9 Å². The van der Waals surface area contributed by atoms with Gasteiger partial charge in [-0.15, -0.1) is 0 Å². The lowest BCUT2D eigenvalue weighted by molar-refractivity contribution is 0.0600. The van der Waals surface area contributed by atoms with Crippen molar-refractivity contribution in [3.63, 3.8) is 0 Å². The number of hydrogen-bond acceptors (Lipinski definition) is 4. The van der Waals surface area contributed by atoms with Crippen molar-refractivity contribution in [2.75, 3.05) is 12.4 Å². The highest BCUT2D eigenvalue weighted by atomic mass is 79.9. The number of halogens is 1. The number of hydrogen-bond donors (Lipinski definition) is 1. The van der Waals surface area contributed by atoms with Gasteiger partial charge in [0.1, 0.15) is 12.0 Å². The third kappa shape index (κ3) is 3.38. The Hall–Kier alpha value is -1.75. The molecular formula is C14H14BrNO3. The first-order valence-electron chi connectivity index (χ1n) is 5.76. The van der Waals surface area contributed by atoms with Crippen LogP contribution in [0.5, 0.6) is 0 Å². The quantitative estimate of drug-likeness (QED) is 0.870. The fourth-order valence-electron chi connectivity index (χ4n) is 1.71. The number of furan rings is 1. The third-order valence-corrected chi connectivity index (χ3v) is 3.21. The van der Waals surface area contributed by atoms with Gasteiger partial charge in [-0.1, -0.05) is 15.9 Å². The van der Waals surface area contributed by atoms with E-state index in [0.29, 0.717) is 17.9 Å². The lowest BCUT2D eigenvalue weighted by Gasteiger charge is -2.08. The summed E-state index contributed by atoms with van der Waals surface area (Å²) in [6.07, 6.45) is 1.40. The Labute approximate surface area is 119 Å². The molecule has 0 saturated carbocycles. The highest BCUT2D eigenvalue weighted by molar-refractivity contribution is 9.10. The van der Waals surface area contributed by atoms with Crippen LogP contribution in [0.3, 0.4) is 0 Å². The van der Waals surface area contributed by atoms with Gasteiger partial charge in [0.05, 0.1) is 19.2 Å². The zero-order valence-corrected chi connectivity index (χ0v) is 12.3. The van der Waals surface area contributed by atoms with Crippen LogP contribution in [0.1, 0.15) is 21.7 Å². The molecule has 0 fully saturated rings. The monoisotopic (exact) mass is 323 g/mol. The topological polar surface area (TPSA) is 51.5 Å². The van der Waals surface area contributed by atoms with Crippen LogP contribution in [0.25, 0.3) is 0 Å². The van der Waals surface area contributed by atoms with Gasteiger partial charge in [-0.05, 0) is 36.8 Å². The van der Waals surface area contributed by atoms with Gasteiger partial charge >= 0.3 is 5.97 Å². The number of esters is 1. The maximum absolute atomic E-state index is 11.3. The van der Waals surface area contributed by atoms with Crippen molar-refractivity contribution in [2.45, 2.75) is 13.5 Å². The van der Waals surface area contributed by atoms with Crippen LogP contribution in [-0.2, 0) is 11.3 Å². The minimum atomic E-state index is -0.394. The van der Waals surface area contributed by atoms with Gasteiger partial charge in [0.15, 0.2) is 0 Å². The summed E-state index contributed by atoms with van der Waals surface area (Å²) in [6.45, 7) is 2.54. The number of benzene rings is 1. The van der Waals surface area contributed by atoms with Crippen LogP contribution < -0.4 is 5.32 Å². The summed E-state index contributed by atoms with van der Waals surface area (Å²) < 4.78 is 11.0. The molecule has 0 radical (unpaired) electrons. The maximum Gasteiger partial charge on any atom is 0.341 e. The van der Waals surface area contributed by atoms with Crippen LogP contribution >= 0.6 is 15.9 Å². The summed E-state index contributed by atoms with van der Waals surface area (Å²) >= 11 is 3.42. The van der Waals surface area contributed by atoms with E-state index in [2.05, 4.69) is 26.0 Å². The Balaban J connectivity index is 2.02. The number of carbonyl (C=O) groups excluding carboxylic acids is 1. The molecular weight excluding hydrogens is 310 g/mol. The summed E-state index contributed by atoms with van der Waals surface area (Å²) in [5, 5.41) is 3.26. The second kappa shape index (κ2) is 5.93. The van der Waals surface area contributed by atoms with Gasteiger partial charge in [0.2, 0.25) is 0 Å². The highest BCUT2D eigenvalue weighted by Crippen LogP contribution is 2.21. The summed E-state index contributed by atoms with van der Waals surface area (Å²) in [4.78, 5) is 11.3. The van der Waals surface area contributed by atoms with Gasteiger partial charge in [0.25, 0.3) is 0 Å². The molecule has 0 spiro atoms. The maximum atomic E-state index is 11.3. The first-order chi connectivity index (χ1) is 9.10. The minimum absolute atomic E-state index is 0.394. The van der Waals surface area contributed by atoms with Gasteiger partial charge in [-0.25, -0.2) is 4.79 Å². The average molecular weight is 324 g/mol. The van der Waals surface area contributed by atoms with E-state index in [-0.39, 0.29) is 0 Å². The zero-order valence-electron chi connectivity index (χ0n) is 10.7. The molecule has 2 aromatic rings. The highest BCUT2D eigenvalue weighted by Gasteiger charge is 2.10. The van der Waals surface area contributed by atoms with Crippen LogP contribution in [-0.4, -0.2) is 13.1 Å². The third-order valence-electron chi connectivity index (χ3n) is 2.72. The van der Waals surface area contributed by atoms with E-state index in [1.165, 1.54) is 13.4 Å². The smallest absolute Gasteiger partial charge is 0.341 e. The van der Waals surface area contributed by atoms with Crippen LogP contribution in [0.2, 0.25) is 0 Å². The predicted molar refractivity (Wildman–Crippen MR) is 76.3 cm³/mol. The van der Waals surface area contributed by atoms with Crippen LogP contribution in [0.4, 0.5) is 5.69 Å². The lowest BCUT2D eigenvalue weighted by atomic mass is 10.2. The Morgan fingerprint density at radius 3 is 2.89 bits per heavy atom. The van der Waals surface area contributed by atoms with Crippen molar-refractivity contribution in [3.8, 4) is 0 Å². The van der Waals surface area contributed by atoms with Crippen molar-refractivity contribution >= 4 is 27.6 Å². The number of rotatable bonds is 4. The Morgan fingerprint density at radius 2 is 2.21 bits per heavy atom. The van der Waals surface area contributed by atoms with E-state index in [4.69, 9.17) is 4.42 Å². The molecule has 0 saturated heterocycles. The van der Waals surface area contributed by atoms with Crippen molar-refractivity contribution in [3.05, 3.63) is 51.9 Å². The summed E-state index contributed by atoms with van der Waals surface area (Å²) in [5.74, 6) is 0.289. The van der Waals surface area contributed by atoms with Crippen molar-refractivity contribution in [1.82, 2.24) is 0 Å². The van der Waals surface area contributed by atoms with Gasteiger partial charge in [-0.2, -0.15) is 0 Å². The molecule has 5 heteroatoms. The van der Waals surface area contributed by atoms with E-state index < -0.39 is 5.97 Å². The molecule has 0 aliphatic carbocycles. The molecule has 0 amide bonds. The van der Waals surface area contributed by atoms with Gasteiger partial charge in [0, 0.05) is 10.2 Å². The molecule has 19 heavy (non-hydrogen) atoms. The molecule has 1 N–H and O–H groups in total. The molecule has 4 nitrogen and oxygen atoms in total. The Kier molecular flexibility index (Phi) is 4.27. The summed E-state index contributed by atoms with van der Waals surface area (Å²) in [7, 11) is 1.35. The van der Waals surface area contributed by atoms with Crippen LogP contribution in [0, 0.1) is 6.92 Å². The fourth-order valence-corrected chi connectivity index (χ4v) is 2.18. The summed E-state index contributed by atoms with van der Waals surface area (Å²) in [5.41, 5.74) is 2.58. The van der Waals surface area contributed by atoms with E-state index in [9.17, 15) is 4.79 Å². The number of methoxy groups -OCH3 is 1. The van der Waals surface area contributed by atoms with Crippen LogP contribution in [0.15, 0.2) is 39.4 Å². The molecule has 0 bridgehead atoms. The number of aryl methyl sites for hydroxylation is 1. The molecule has 0 aliphatic rings.